The quantitative estimate of drug-likeness (QED) is 0.708. The molecule has 0 bridgehead atoms. The predicted octanol–water partition coefficient (Wildman–Crippen LogP) is 1.87. The van der Waals surface area contributed by atoms with Gasteiger partial charge < -0.3 is 5.11 Å². The standard InChI is InChI=1S/C10H10OS/c11-5-7-9-6-3-1-2-4-8(6)12-10(7)9/h1-4,7,9-11H,5H2. The summed E-state index contributed by atoms with van der Waals surface area (Å²) in [5.74, 6) is 1.21. The van der Waals surface area contributed by atoms with Crippen LogP contribution in [0.4, 0.5) is 0 Å². The van der Waals surface area contributed by atoms with Crippen LogP contribution < -0.4 is 0 Å². The fraction of sp³-hybridized carbons (Fsp3) is 0.400. The summed E-state index contributed by atoms with van der Waals surface area (Å²) in [4.78, 5) is 1.43. The van der Waals surface area contributed by atoms with Gasteiger partial charge in [-0.15, -0.1) is 11.8 Å². The number of benzene rings is 1. The lowest BCUT2D eigenvalue weighted by atomic mass is 10.1. The average Bonchev–Trinajstić information content (AvgIpc) is 2.68. The van der Waals surface area contributed by atoms with Crippen LogP contribution in [0.3, 0.4) is 0 Å². The number of hydrogen-bond donors (Lipinski definition) is 1. The Bertz CT molecular complexity index is 323. The van der Waals surface area contributed by atoms with Crippen molar-refractivity contribution in [3.63, 3.8) is 0 Å². The maximum Gasteiger partial charge on any atom is 0.0476 e. The van der Waals surface area contributed by atoms with Crippen molar-refractivity contribution in [1.29, 1.82) is 0 Å². The number of aliphatic hydroxyl groups is 1. The van der Waals surface area contributed by atoms with Gasteiger partial charge >= 0.3 is 0 Å². The van der Waals surface area contributed by atoms with Crippen molar-refractivity contribution in [3.05, 3.63) is 29.8 Å². The van der Waals surface area contributed by atoms with E-state index in [1.165, 1.54) is 10.5 Å². The van der Waals surface area contributed by atoms with E-state index in [1.54, 1.807) is 0 Å². The van der Waals surface area contributed by atoms with Gasteiger partial charge in [0.1, 0.15) is 0 Å². The van der Waals surface area contributed by atoms with Gasteiger partial charge in [-0.3, -0.25) is 0 Å². The molecule has 1 aromatic rings. The third-order valence-corrected chi connectivity index (χ3v) is 4.39. The van der Waals surface area contributed by atoms with Crippen LogP contribution in [0.1, 0.15) is 11.5 Å². The Morgan fingerprint density at radius 2 is 2.17 bits per heavy atom. The second-order valence-corrected chi connectivity index (χ2v) is 4.71. The molecule has 3 atom stereocenters. The van der Waals surface area contributed by atoms with Crippen LogP contribution in [0.2, 0.25) is 0 Å². The lowest BCUT2D eigenvalue weighted by Gasteiger charge is -2.03. The molecule has 0 radical (unpaired) electrons. The first-order chi connectivity index (χ1) is 5.92. The molecule has 3 rings (SSSR count). The molecule has 2 aliphatic rings. The molecule has 0 spiro atoms. The number of aliphatic hydroxyl groups excluding tert-OH is 1. The maximum absolute atomic E-state index is 9.02. The van der Waals surface area contributed by atoms with Crippen LogP contribution in [-0.4, -0.2) is 17.0 Å². The van der Waals surface area contributed by atoms with Gasteiger partial charge in [0.15, 0.2) is 0 Å². The summed E-state index contributed by atoms with van der Waals surface area (Å²) in [6, 6.07) is 8.56. The van der Waals surface area contributed by atoms with Gasteiger partial charge in [-0.05, 0) is 11.6 Å². The van der Waals surface area contributed by atoms with E-state index in [2.05, 4.69) is 24.3 Å². The van der Waals surface area contributed by atoms with Crippen LogP contribution in [-0.2, 0) is 0 Å². The lowest BCUT2D eigenvalue weighted by Crippen LogP contribution is -1.93. The molecule has 1 nitrogen and oxygen atoms in total. The molecule has 1 N–H and O–H groups in total. The fourth-order valence-electron chi connectivity index (χ4n) is 2.14. The zero-order chi connectivity index (χ0) is 8.13. The van der Waals surface area contributed by atoms with Crippen LogP contribution in [0.5, 0.6) is 0 Å². The van der Waals surface area contributed by atoms with E-state index in [0.717, 1.165) is 0 Å². The highest BCUT2D eigenvalue weighted by Gasteiger charge is 2.55. The molecule has 1 fully saturated rings. The second kappa shape index (κ2) is 2.27. The van der Waals surface area contributed by atoms with Gasteiger partial charge in [-0.2, -0.15) is 0 Å². The van der Waals surface area contributed by atoms with Gasteiger partial charge in [-0.1, -0.05) is 18.2 Å². The van der Waals surface area contributed by atoms with Crippen LogP contribution in [0, 0.1) is 5.92 Å². The summed E-state index contributed by atoms with van der Waals surface area (Å²) >= 11 is 1.94. The predicted molar refractivity (Wildman–Crippen MR) is 49.4 cm³/mol. The third kappa shape index (κ3) is 0.744. The lowest BCUT2D eigenvalue weighted by molar-refractivity contribution is 0.274. The fourth-order valence-corrected chi connectivity index (χ4v) is 3.76. The first-order valence-electron chi connectivity index (χ1n) is 4.28. The number of rotatable bonds is 1. The van der Waals surface area contributed by atoms with E-state index in [-0.39, 0.29) is 0 Å². The maximum atomic E-state index is 9.02. The smallest absolute Gasteiger partial charge is 0.0476 e. The third-order valence-electron chi connectivity index (χ3n) is 2.85. The van der Waals surface area contributed by atoms with Crippen molar-refractivity contribution in [2.24, 2.45) is 5.92 Å². The summed E-state index contributed by atoms with van der Waals surface area (Å²) in [5, 5.41) is 9.71. The van der Waals surface area contributed by atoms with E-state index in [9.17, 15) is 0 Å². The molecule has 1 heterocycles. The van der Waals surface area contributed by atoms with Crippen LogP contribution in [0.25, 0.3) is 0 Å². The minimum Gasteiger partial charge on any atom is -0.396 e. The summed E-state index contributed by atoms with van der Waals surface area (Å²) < 4.78 is 0. The largest absolute Gasteiger partial charge is 0.396 e. The van der Waals surface area contributed by atoms with Crippen molar-refractivity contribution in [1.82, 2.24) is 0 Å². The minimum atomic E-state index is 0.358. The van der Waals surface area contributed by atoms with E-state index in [1.807, 2.05) is 11.8 Å². The Balaban J connectivity index is 2.00. The molecular weight excluding hydrogens is 168 g/mol. The van der Waals surface area contributed by atoms with Gasteiger partial charge in [-0.25, -0.2) is 0 Å². The molecule has 1 saturated carbocycles. The van der Waals surface area contributed by atoms with Gasteiger partial charge in [0.25, 0.3) is 0 Å². The average molecular weight is 178 g/mol. The summed E-state index contributed by atoms with van der Waals surface area (Å²) in [6.45, 7) is 0.358. The molecule has 0 saturated heterocycles. The monoisotopic (exact) mass is 178 g/mol. The summed E-state index contributed by atoms with van der Waals surface area (Å²) in [7, 11) is 0. The van der Waals surface area contributed by atoms with E-state index >= 15 is 0 Å². The summed E-state index contributed by atoms with van der Waals surface area (Å²) in [6.07, 6.45) is 0. The van der Waals surface area contributed by atoms with E-state index < -0.39 is 0 Å². The van der Waals surface area contributed by atoms with Gasteiger partial charge in [0, 0.05) is 28.6 Å². The molecule has 12 heavy (non-hydrogen) atoms. The molecule has 2 heteroatoms. The summed E-state index contributed by atoms with van der Waals surface area (Å²) in [5.41, 5.74) is 1.46. The Kier molecular flexibility index (Phi) is 1.32. The van der Waals surface area contributed by atoms with Crippen molar-refractivity contribution in [2.45, 2.75) is 16.1 Å². The highest BCUT2D eigenvalue weighted by Crippen LogP contribution is 2.64. The highest BCUT2D eigenvalue weighted by atomic mass is 32.2. The van der Waals surface area contributed by atoms with Crippen LogP contribution >= 0.6 is 11.8 Å². The molecule has 62 valence electrons. The van der Waals surface area contributed by atoms with E-state index in [4.69, 9.17) is 5.11 Å². The van der Waals surface area contributed by atoms with Gasteiger partial charge in [0.05, 0.1) is 0 Å². The van der Waals surface area contributed by atoms with Crippen molar-refractivity contribution < 1.29 is 5.11 Å². The first kappa shape index (κ1) is 6.98. The number of fused-ring (bicyclic) bond motifs is 3. The van der Waals surface area contributed by atoms with Gasteiger partial charge in [0.2, 0.25) is 0 Å². The minimum absolute atomic E-state index is 0.358. The normalized spacial score (nSPS) is 35.9. The first-order valence-corrected chi connectivity index (χ1v) is 5.16. The zero-order valence-corrected chi connectivity index (χ0v) is 7.42. The number of thioether (sulfide) groups is 1. The second-order valence-electron chi connectivity index (χ2n) is 3.49. The molecule has 0 aromatic heterocycles. The molecular formula is C10H10OS. The SMILES string of the molecule is OCC1C2Sc3ccccc3C12. The molecule has 1 aliphatic heterocycles. The van der Waals surface area contributed by atoms with Crippen molar-refractivity contribution >= 4 is 11.8 Å². The Morgan fingerprint density at radius 3 is 3.00 bits per heavy atom. The number of hydrogen-bond acceptors (Lipinski definition) is 2. The molecule has 0 amide bonds. The molecule has 1 aliphatic carbocycles. The highest BCUT2D eigenvalue weighted by molar-refractivity contribution is 8.00. The van der Waals surface area contributed by atoms with Crippen molar-refractivity contribution in [3.8, 4) is 0 Å². The Labute approximate surface area is 75.8 Å². The zero-order valence-electron chi connectivity index (χ0n) is 6.60. The van der Waals surface area contributed by atoms with Crippen molar-refractivity contribution in [2.75, 3.05) is 6.61 Å². The molecule has 1 aromatic carbocycles. The topological polar surface area (TPSA) is 20.2 Å². The Hall–Kier alpha value is -0.470. The van der Waals surface area contributed by atoms with Crippen LogP contribution in [0.15, 0.2) is 29.2 Å². The molecule has 3 unspecified atom stereocenters. The van der Waals surface area contributed by atoms with E-state index in [0.29, 0.717) is 23.7 Å². The Morgan fingerprint density at radius 1 is 1.33 bits per heavy atom.